The first-order valence-corrected chi connectivity index (χ1v) is 5.92. The summed E-state index contributed by atoms with van der Waals surface area (Å²) in [5, 5.41) is 0. The van der Waals surface area contributed by atoms with Crippen molar-refractivity contribution in [2.75, 3.05) is 18.5 Å². The lowest BCUT2D eigenvalue weighted by Crippen LogP contribution is -2.30. The molecule has 0 saturated heterocycles. The van der Waals surface area contributed by atoms with E-state index in [1.54, 1.807) is 0 Å². The molecule has 2 rings (SSSR count). The van der Waals surface area contributed by atoms with Crippen LogP contribution in [0.5, 0.6) is 0 Å². The van der Waals surface area contributed by atoms with Crippen molar-refractivity contribution in [2.24, 2.45) is 5.73 Å². The predicted molar refractivity (Wildman–Crippen MR) is 70.3 cm³/mol. The molecule has 0 bridgehead atoms. The summed E-state index contributed by atoms with van der Waals surface area (Å²) in [5.41, 5.74) is 8.48. The lowest BCUT2D eigenvalue weighted by molar-refractivity contribution is 0.561. The van der Waals surface area contributed by atoms with Gasteiger partial charge in [-0.1, -0.05) is 0 Å². The van der Waals surface area contributed by atoms with Gasteiger partial charge in [-0.3, -0.25) is 0 Å². The standard InChI is InChI=1S/C13H19N3O/c1-9(6-7-14)16(3)11-4-5-13-12(8-11)15-10(2)17-13/h4-5,8-9H,6-7,14H2,1-3H3. The fourth-order valence-electron chi connectivity index (χ4n) is 1.94. The minimum Gasteiger partial charge on any atom is -0.441 e. The zero-order valence-corrected chi connectivity index (χ0v) is 10.6. The smallest absolute Gasteiger partial charge is 0.192 e. The van der Waals surface area contributed by atoms with Crippen LogP contribution in [0.3, 0.4) is 0 Å². The fourth-order valence-corrected chi connectivity index (χ4v) is 1.94. The topological polar surface area (TPSA) is 55.3 Å². The van der Waals surface area contributed by atoms with Crippen molar-refractivity contribution in [1.29, 1.82) is 0 Å². The van der Waals surface area contributed by atoms with Crippen molar-refractivity contribution in [3.63, 3.8) is 0 Å². The van der Waals surface area contributed by atoms with Gasteiger partial charge in [0, 0.05) is 25.7 Å². The van der Waals surface area contributed by atoms with Gasteiger partial charge in [0.05, 0.1) is 0 Å². The first kappa shape index (κ1) is 11.9. The van der Waals surface area contributed by atoms with Gasteiger partial charge in [0.1, 0.15) is 5.52 Å². The SMILES string of the molecule is Cc1nc2cc(N(C)C(C)CCN)ccc2o1. The highest BCUT2D eigenvalue weighted by molar-refractivity contribution is 5.77. The zero-order valence-electron chi connectivity index (χ0n) is 10.6. The molecule has 1 atom stereocenters. The number of nitrogens with two attached hydrogens (primary N) is 1. The Morgan fingerprint density at radius 3 is 2.94 bits per heavy atom. The molecule has 0 fully saturated rings. The maximum absolute atomic E-state index is 5.59. The third-order valence-corrected chi connectivity index (χ3v) is 3.13. The van der Waals surface area contributed by atoms with Crippen molar-refractivity contribution in [1.82, 2.24) is 4.98 Å². The number of hydrogen-bond donors (Lipinski definition) is 1. The number of aromatic nitrogens is 1. The minimum atomic E-state index is 0.422. The maximum Gasteiger partial charge on any atom is 0.192 e. The summed E-state index contributed by atoms with van der Waals surface area (Å²) < 4.78 is 5.46. The molecule has 17 heavy (non-hydrogen) atoms. The average molecular weight is 233 g/mol. The number of rotatable bonds is 4. The number of benzene rings is 1. The summed E-state index contributed by atoms with van der Waals surface area (Å²) in [6, 6.07) is 6.50. The summed E-state index contributed by atoms with van der Waals surface area (Å²) in [5.74, 6) is 0.704. The van der Waals surface area contributed by atoms with E-state index in [1.165, 1.54) is 0 Å². The predicted octanol–water partition coefficient (Wildman–Crippen LogP) is 2.31. The second kappa shape index (κ2) is 4.75. The van der Waals surface area contributed by atoms with E-state index >= 15 is 0 Å². The van der Waals surface area contributed by atoms with Crippen LogP contribution in [-0.4, -0.2) is 24.6 Å². The Morgan fingerprint density at radius 2 is 2.24 bits per heavy atom. The zero-order chi connectivity index (χ0) is 12.4. The van der Waals surface area contributed by atoms with E-state index in [9.17, 15) is 0 Å². The summed E-state index contributed by atoms with van der Waals surface area (Å²) in [6.45, 7) is 4.74. The molecule has 92 valence electrons. The van der Waals surface area contributed by atoms with E-state index in [4.69, 9.17) is 10.2 Å². The molecular weight excluding hydrogens is 214 g/mol. The van der Waals surface area contributed by atoms with Crippen LogP contribution in [0.15, 0.2) is 22.6 Å². The van der Waals surface area contributed by atoms with Gasteiger partial charge < -0.3 is 15.1 Å². The van der Waals surface area contributed by atoms with E-state index in [0.29, 0.717) is 18.5 Å². The van der Waals surface area contributed by atoms with Crippen LogP contribution < -0.4 is 10.6 Å². The second-order valence-electron chi connectivity index (χ2n) is 4.42. The van der Waals surface area contributed by atoms with Gasteiger partial charge in [-0.25, -0.2) is 4.98 Å². The molecule has 0 aliphatic heterocycles. The van der Waals surface area contributed by atoms with E-state index < -0.39 is 0 Å². The van der Waals surface area contributed by atoms with Crippen LogP contribution in [-0.2, 0) is 0 Å². The Balaban J connectivity index is 2.28. The van der Waals surface area contributed by atoms with Gasteiger partial charge in [-0.15, -0.1) is 0 Å². The third kappa shape index (κ3) is 2.42. The molecule has 1 heterocycles. The number of nitrogens with zero attached hydrogens (tertiary/aromatic N) is 2. The molecule has 1 unspecified atom stereocenters. The quantitative estimate of drug-likeness (QED) is 0.880. The summed E-state index contributed by atoms with van der Waals surface area (Å²) >= 11 is 0. The van der Waals surface area contributed by atoms with Crippen LogP contribution in [0, 0.1) is 6.92 Å². The van der Waals surface area contributed by atoms with Crippen molar-refractivity contribution >= 4 is 16.8 Å². The molecule has 0 amide bonds. The normalized spacial score (nSPS) is 12.9. The number of aryl methyl sites for hydroxylation is 1. The van der Waals surface area contributed by atoms with E-state index in [1.807, 2.05) is 13.0 Å². The molecule has 0 aliphatic carbocycles. The highest BCUT2D eigenvalue weighted by Gasteiger charge is 2.11. The lowest BCUT2D eigenvalue weighted by Gasteiger charge is -2.26. The number of fused-ring (bicyclic) bond motifs is 1. The monoisotopic (exact) mass is 233 g/mol. The van der Waals surface area contributed by atoms with Gasteiger partial charge in [0.25, 0.3) is 0 Å². The Kier molecular flexibility index (Phi) is 3.33. The molecule has 0 aliphatic rings. The number of oxazole rings is 1. The second-order valence-corrected chi connectivity index (χ2v) is 4.42. The van der Waals surface area contributed by atoms with Crippen LogP contribution in [0.2, 0.25) is 0 Å². The number of hydrogen-bond acceptors (Lipinski definition) is 4. The average Bonchev–Trinajstić information content (AvgIpc) is 2.67. The molecule has 0 radical (unpaired) electrons. The van der Waals surface area contributed by atoms with Gasteiger partial charge >= 0.3 is 0 Å². The fraction of sp³-hybridized carbons (Fsp3) is 0.462. The van der Waals surface area contributed by atoms with Gasteiger partial charge in [0.2, 0.25) is 0 Å². The van der Waals surface area contributed by atoms with Crippen LogP contribution in [0.1, 0.15) is 19.2 Å². The molecule has 2 N–H and O–H groups in total. The summed E-state index contributed by atoms with van der Waals surface area (Å²) in [7, 11) is 2.08. The lowest BCUT2D eigenvalue weighted by atomic mass is 10.2. The highest BCUT2D eigenvalue weighted by atomic mass is 16.3. The van der Waals surface area contributed by atoms with Crippen LogP contribution in [0.4, 0.5) is 5.69 Å². The first-order chi connectivity index (χ1) is 8.11. The molecule has 1 aromatic heterocycles. The Morgan fingerprint density at radius 1 is 1.47 bits per heavy atom. The van der Waals surface area contributed by atoms with Crippen molar-refractivity contribution in [3.05, 3.63) is 24.1 Å². The maximum atomic E-state index is 5.59. The van der Waals surface area contributed by atoms with E-state index in [2.05, 4.69) is 36.0 Å². The minimum absolute atomic E-state index is 0.422. The summed E-state index contributed by atoms with van der Waals surface area (Å²) in [4.78, 5) is 6.56. The molecule has 0 spiro atoms. The number of anilines is 1. The van der Waals surface area contributed by atoms with E-state index in [-0.39, 0.29) is 0 Å². The first-order valence-electron chi connectivity index (χ1n) is 5.92. The molecule has 0 saturated carbocycles. The van der Waals surface area contributed by atoms with Crippen molar-refractivity contribution in [2.45, 2.75) is 26.3 Å². The largest absolute Gasteiger partial charge is 0.441 e. The molecule has 1 aromatic carbocycles. The van der Waals surface area contributed by atoms with Gasteiger partial charge in [-0.2, -0.15) is 0 Å². The molecule has 4 nitrogen and oxygen atoms in total. The Labute approximate surface area is 101 Å². The molecule has 4 heteroatoms. The molecule has 2 aromatic rings. The van der Waals surface area contributed by atoms with Crippen molar-refractivity contribution < 1.29 is 4.42 Å². The van der Waals surface area contributed by atoms with Gasteiger partial charge in [0.15, 0.2) is 11.5 Å². The van der Waals surface area contributed by atoms with Crippen molar-refractivity contribution in [3.8, 4) is 0 Å². The van der Waals surface area contributed by atoms with E-state index in [0.717, 1.165) is 23.2 Å². The molecular formula is C13H19N3O. The third-order valence-electron chi connectivity index (χ3n) is 3.13. The van der Waals surface area contributed by atoms with Crippen LogP contribution in [0.25, 0.3) is 11.1 Å². The van der Waals surface area contributed by atoms with Crippen LogP contribution >= 0.6 is 0 Å². The highest BCUT2D eigenvalue weighted by Crippen LogP contribution is 2.23. The Hall–Kier alpha value is -1.55. The Bertz CT molecular complexity index is 506. The van der Waals surface area contributed by atoms with Gasteiger partial charge in [-0.05, 0) is 38.1 Å². The summed E-state index contributed by atoms with van der Waals surface area (Å²) in [6.07, 6.45) is 0.979.